The van der Waals surface area contributed by atoms with Crippen LogP contribution < -0.4 is 9.80 Å². The molecule has 13 aromatic rings. The van der Waals surface area contributed by atoms with Gasteiger partial charge in [-0.15, -0.1) is 0 Å². The molecule has 6 heteroatoms. The molecule has 0 saturated heterocycles. The number of rotatable bonds is 8. The molecule has 0 spiro atoms. The maximum Gasteiger partial charge on any atom is 0.123 e. The zero-order valence-corrected chi connectivity index (χ0v) is 37.0. The van der Waals surface area contributed by atoms with E-state index in [2.05, 4.69) is 180 Å². The molecule has 9 aromatic carbocycles. The van der Waals surface area contributed by atoms with E-state index in [0.29, 0.717) is 11.8 Å². The third kappa shape index (κ3) is 6.09. The van der Waals surface area contributed by atoms with Crippen LogP contribution in [-0.4, -0.2) is 8.80 Å². The van der Waals surface area contributed by atoms with Crippen molar-refractivity contribution >= 4 is 110 Å². The second-order valence-corrected chi connectivity index (χ2v) is 18.4. The minimum atomic E-state index is -0.262. The summed E-state index contributed by atoms with van der Waals surface area (Å²) in [5.74, 6) is 0.283. The predicted molar refractivity (Wildman–Crippen MR) is 287 cm³/mol. The molecule has 0 aliphatic heterocycles. The fourth-order valence-electron chi connectivity index (χ4n) is 10.9. The van der Waals surface area contributed by atoms with E-state index in [9.17, 15) is 8.78 Å². The van der Waals surface area contributed by atoms with Crippen LogP contribution in [0.3, 0.4) is 0 Å². The Morgan fingerprint density at radius 2 is 0.676 bits per heavy atom. The van der Waals surface area contributed by atoms with E-state index in [1.54, 1.807) is 24.3 Å². The van der Waals surface area contributed by atoms with E-state index < -0.39 is 0 Å². The summed E-state index contributed by atoms with van der Waals surface area (Å²) in [6.45, 7) is 8.84. The van der Waals surface area contributed by atoms with Crippen LogP contribution in [0.2, 0.25) is 0 Å². The molecule has 0 amide bonds. The lowest BCUT2D eigenvalue weighted by atomic mass is 10.0. The van der Waals surface area contributed by atoms with Crippen LogP contribution in [0.1, 0.15) is 65.5 Å². The number of hydrogen-bond donors (Lipinski definition) is 0. The molecular weight excluding hydrogens is 839 g/mol. The molecule has 0 radical (unpaired) electrons. The third-order valence-electron chi connectivity index (χ3n) is 14.0. The van der Waals surface area contributed by atoms with Gasteiger partial charge in [0, 0.05) is 65.8 Å². The zero-order chi connectivity index (χ0) is 44.5. The van der Waals surface area contributed by atoms with Crippen LogP contribution in [0.25, 0.3) is 76.2 Å². The Kier molecular flexibility index (Phi) is 9.94. The number of benzene rings is 9. The molecule has 0 atom stereocenters. The largest absolute Gasteiger partial charge is 0.310 e. The van der Waals surface area contributed by atoms with Crippen LogP contribution in [-0.2, 0) is 0 Å². The molecule has 0 aliphatic rings. The Hall–Kier alpha value is -7.96. The average molecular weight is 891 g/mol. The smallest absolute Gasteiger partial charge is 0.123 e. The second kappa shape index (κ2) is 15.8. The SMILES string of the molecule is C.C.CC(C)c1ccc(N(c2ccc(F)cc2)c2cccc3c2c2cccc4c5cc6c(cc5n3c42)c2cccc3c4c(N(c5ccc(F)cc5)c5ccc(C(C)C)cc5)cccc4n6c23)cc1. The van der Waals surface area contributed by atoms with Gasteiger partial charge in [0.15, 0.2) is 0 Å². The van der Waals surface area contributed by atoms with Crippen molar-refractivity contribution in [2.24, 2.45) is 0 Å². The van der Waals surface area contributed by atoms with Gasteiger partial charge in [-0.05, 0) is 132 Å². The summed E-state index contributed by atoms with van der Waals surface area (Å²) >= 11 is 0. The fourth-order valence-corrected chi connectivity index (χ4v) is 10.9. The topological polar surface area (TPSA) is 15.3 Å². The summed E-state index contributed by atoms with van der Waals surface area (Å²) in [5, 5.41) is 9.40. The van der Waals surface area contributed by atoms with Gasteiger partial charge in [-0.2, -0.15) is 0 Å². The fraction of sp³-hybridized carbons (Fsp3) is 0.129. The first-order chi connectivity index (χ1) is 32.2. The van der Waals surface area contributed by atoms with E-state index >= 15 is 0 Å². The van der Waals surface area contributed by atoms with Crippen molar-refractivity contribution in [2.75, 3.05) is 9.80 Å². The molecule has 4 aromatic heterocycles. The highest BCUT2D eigenvalue weighted by Crippen LogP contribution is 2.50. The Morgan fingerprint density at radius 3 is 1.03 bits per heavy atom. The number of fused-ring (bicyclic) bond motifs is 12. The number of para-hydroxylation sites is 2. The van der Waals surface area contributed by atoms with Crippen molar-refractivity contribution in [2.45, 2.75) is 54.4 Å². The Morgan fingerprint density at radius 1 is 0.353 bits per heavy atom. The minimum Gasteiger partial charge on any atom is -0.310 e. The summed E-state index contributed by atoms with van der Waals surface area (Å²) in [5.41, 5.74) is 15.3. The number of nitrogens with zero attached hydrogens (tertiary/aromatic N) is 4. The van der Waals surface area contributed by atoms with Crippen molar-refractivity contribution in [3.8, 4) is 0 Å². The van der Waals surface area contributed by atoms with Crippen LogP contribution in [0.15, 0.2) is 182 Å². The first-order valence-corrected chi connectivity index (χ1v) is 22.9. The van der Waals surface area contributed by atoms with Crippen molar-refractivity contribution in [3.05, 3.63) is 205 Å². The maximum atomic E-state index is 14.4. The van der Waals surface area contributed by atoms with Crippen LogP contribution in [0.5, 0.6) is 0 Å². The molecule has 334 valence electrons. The highest BCUT2D eigenvalue weighted by Gasteiger charge is 2.27. The molecule has 0 aliphatic carbocycles. The zero-order valence-electron chi connectivity index (χ0n) is 37.0. The standard InChI is InChI=1S/C60H44F2N4.2CH4/c1-35(2)37-17-25-41(26-18-37)63(43-29-21-39(61)22-30-43)51-13-7-15-53-57(51)47-11-5-9-45-49-34-56-50(33-55(49)65(53)59(45)47)46-10-6-12-48-58-52(14-8-16-54(58)66(56)60(46)48)64(44-31-23-40(62)24-32-44)42-27-19-38(20-28-42)36(3)4;;/h5-36H,1-4H3;2*1H4. The molecule has 0 unspecified atom stereocenters. The van der Waals surface area contributed by atoms with Crippen LogP contribution in [0, 0.1) is 11.6 Å². The number of hydrogen-bond acceptors (Lipinski definition) is 2. The van der Waals surface area contributed by atoms with Gasteiger partial charge in [-0.1, -0.05) is 115 Å². The summed E-state index contributed by atoms with van der Waals surface area (Å²) in [4.78, 5) is 4.53. The molecule has 13 rings (SSSR count). The molecule has 0 N–H and O–H groups in total. The summed E-state index contributed by atoms with van der Waals surface area (Å²) in [6.07, 6.45) is 0. The first-order valence-electron chi connectivity index (χ1n) is 22.9. The van der Waals surface area contributed by atoms with E-state index in [1.165, 1.54) is 54.5 Å². The number of halogens is 2. The van der Waals surface area contributed by atoms with Crippen LogP contribution >= 0.6 is 0 Å². The minimum absolute atomic E-state index is 0. The maximum absolute atomic E-state index is 14.4. The normalized spacial score (nSPS) is 12.0. The van der Waals surface area contributed by atoms with E-state index in [-0.39, 0.29) is 26.5 Å². The van der Waals surface area contributed by atoms with Gasteiger partial charge in [0.25, 0.3) is 0 Å². The third-order valence-corrected chi connectivity index (χ3v) is 14.0. The molecule has 4 nitrogen and oxygen atoms in total. The average Bonchev–Trinajstić information content (AvgIpc) is 4.07. The Balaban J connectivity index is 0.00000253. The van der Waals surface area contributed by atoms with Gasteiger partial charge in [0.1, 0.15) is 11.6 Å². The molecule has 4 heterocycles. The van der Waals surface area contributed by atoms with Gasteiger partial charge >= 0.3 is 0 Å². The summed E-state index contributed by atoms with van der Waals surface area (Å²) in [7, 11) is 0. The number of aromatic nitrogens is 2. The number of anilines is 6. The monoisotopic (exact) mass is 890 g/mol. The van der Waals surface area contributed by atoms with E-state index in [1.807, 2.05) is 24.3 Å². The lowest BCUT2D eigenvalue weighted by Gasteiger charge is -2.27. The highest BCUT2D eigenvalue weighted by atomic mass is 19.1. The summed E-state index contributed by atoms with van der Waals surface area (Å²) in [6, 6.07) is 62.5. The lowest BCUT2D eigenvalue weighted by molar-refractivity contribution is 0.627. The quantitative estimate of drug-likeness (QED) is 0.151. The van der Waals surface area contributed by atoms with Gasteiger partial charge < -0.3 is 18.6 Å². The van der Waals surface area contributed by atoms with E-state index in [0.717, 1.165) is 67.0 Å². The van der Waals surface area contributed by atoms with Crippen LogP contribution in [0.4, 0.5) is 42.9 Å². The lowest BCUT2D eigenvalue weighted by Crippen LogP contribution is -2.10. The van der Waals surface area contributed by atoms with Gasteiger partial charge in [-0.25, -0.2) is 8.78 Å². The van der Waals surface area contributed by atoms with E-state index in [4.69, 9.17) is 0 Å². The molecule has 68 heavy (non-hydrogen) atoms. The Bertz CT molecular complexity index is 3730. The summed E-state index contributed by atoms with van der Waals surface area (Å²) < 4.78 is 33.8. The first kappa shape index (κ1) is 42.7. The highest BCUT2D eigenvalue weighted by molar-refractivity contribution is 6.31. The predicted octanol–water partition coefficient (Wildman–Crippen LogP) is 18.7. The molecule has 0 fully saturated rings. The Labute approximate surface area is 395 Å². The van der Waals surface area contributed by atoms with Gasteiger partial charge in [0.2, 0.25) is 0 Å². The molecule has 0 saturated carbocycles. The van der Waals surface area contributed by atoms with Crippen molar-refractivity contribution in [3.63, 3.8) is 0 Å². The molecular formula is C62H52F2N4. The van der Waals surface area contributed by atoms with Crippen molar-refractivity contribution < 1.29 is 8.78 Å². The molecule has 0 bridgehead atoms. The second-order valence-electron chi connectivity index (χ2n) is 18.4. The van der Waals surface area contributed by atoms with Gasteiger partial charge in [0.05, 0.1) is 44.5 Å². The van der Waals surface area contributed by atoms with Gasteiger partial charge in [-0.3, -0.25) is 0 Å². The van der Waals surface area contributed by atoms with Crippen molar-refractivity contribution in [1.82, 2.24) is 8.80 Å². The van der Waals surface area contributed by atoms with Crippen molar-refractivity contribution in [1.29, 1.82) is 0 Å².